The van der Waals surface area contributed by atoms with E-state index in [0.717, 1.165) is 29.0 Å². The molecule has 24 heavy (non-hydrogen) atoms. The van der Waals surface area contributed by atoms with E-state index in [0.29, 0.717) is 5.56 Å². The van der Waals surface area contributed by atoms with Crippen LogP contribution in [0.2, 0.25) is 0 Å². The summed E-state index contributed by atoms with van der Waals surface area (Å²) in [6.07, 6.45) is 3.02. The minimum atomic E-state index is -0.434. The van der Waals surface area contributed by atoms with Crippen molar-refractivity contribution < 1.29 is 14.3 Å². The summed E-state index contributed by atoms with van der Waals surface area (Å²) in [6.45, 7) is 3.58. The zero-order valence-electron chi connectivity index (χ0n) is 13.9. The molecule has 4 nitrogen and oxygen atoms in total. The fourth-order valence-electron chi connectivity index (χ4n) is 3.18. The number of carbonyl (C=O) groups excluding carboxylic acids is 2. The largest absolute Gasteiger partial charge is 0.452 e. The van der Waals surface area contributed by atoms with Crippen LogP contribution in [-0.2, 0) is 16.0 Å². The number of benzene rings is 1. The monoisotopic (exact) mass is 343 g/mol. The second kappa shape index (κ2) is 7.18. The van der Waals surface area contributed by atoms with Crippen molar-refractivity contribution in [2.24, 2.45) is 0 Å². The normalized spacial score (nSPS) is 16.3. The highest BCUT2D eigenvalue weighted by molar-refractivity contribution is 7.12. The van der Waals surface area contributed by atoms with Gasteiger partial charge < -0.3 is 10.1 Å². The number of amides is 1. The number of nitrogens with one attached hydrogen (secondary N) is 1. The molecule has 0 fully saturated rings. The average Bonchev–Trinajstić information content (AvgIpc) is 2.91. The van der Waals surface area contributed by atoms with Gasteiger partial charge in [0.15, 0.2) is 6.61 Å². The zero-order valence-corrected chi connectivity index (χ0v) is 14.7. The molecule has 1 amide bonds. The number of carbonyl (C=O) groups is 2. The molecule has 3 rings (SSSR count). The summed E-state index contributed by atoms with van der Waals surface area (Å²) in [5.41, 5.74) is 3.01. The molecular formula is C19H21NO3S. The van der Waals surface area contributed by atoms with Crippen LogP contribution in [0.15, 0.2) is 30.3 Å². The predicted molar refractivity (Wildman–Crippen MR) is 94.3 cm³/mol. The fourth-order valence-corrected chi connectivity index (χ4v) is 4.09. The van der Waals surface area contributed by atoms with Gasteiger partial charge in [0.25, 0.3) is 5.91 Å². The van der Waals surface area contributed by atoms with Crippen LogP contribution in [-0.4, -0.2) is 18.5 Å². The lowest BCUT2D eigenvalue weighted by Gasteiger charge is -2.26. The van der Waals surface area contributed by atoms with E-state index in [1.54, 1.807) is 17.4 Å². The molecule has 0 spiro atoms. The Bertz CT molecular complexity index is 766. The van der Waals surface area contributed by atoms with Gasteiger partial charge in [-0.25, -0.2) is 4.79 Å². The van der Waals surface area contributed by atoms with Crippen LogP contribution in [0.4, 0.5) is 0 Å². The molecule has 0 saturated carbocycles. The summed E-state index contributed by atoms with van der Waals surface area (Å²) in [5.74, 6) is -0.689. The number of ether oxygens (including phenoxy) is 1. The molecule has 0 bridgehead atoms. The number of hydrogen-bond acceptors (Lipinski definition) is 4. The van der Waals surface area contributed by atoms with E-state index in [-0.39, 0.29) is 18.6 Å². The van der Waals surface area contributed by atoms with Crippen molar-refractivity contribution in [3.8, 4) is 0 Å². The standard InChI is InChI=1S/C19H21NO3S/c1-12-10-16(13(2)24-12)19(22)23-11-18(21)20-17-9-5-7-14-6-3-4-8-15(14)17/h3-4,6,8,10,17H,5,7,9,11H2,1-2H3,(H,20,21). The van der Waals surface area contributed by atoms with Crippen LogP contribution < -0.4 is 5.32 Å². The van der Waals surface area contributed by atoms with E-state index in [4.69, 9.17) is 4.74 Å². The molecule has 1 aliphatic rings. The van der Waals surface area contributed by atoms with Crippen molar-refractivity contribution in [3.05, 3.63) is 56.8 Å². The molecular weight excluding hydrogens is 322 g/mol. The lowest BCUT2D eigenvalue weighted by atomic mass is 9.88. The maximum atomic E-state index is 12.2. The maximum Gasteiger partial charge on any atom is 0.339 e. The number of aryl methyl sites for hydroxylation is 3. The number of thiophene rings is 1. The van der Waals surface area contributed by atoms with Crippen LogP contribution in [0, 0.1) is 13.8 Å². The van der Waals surface area contributed by atoms with Crippen LogP contribution in [0.25, 0.3) is 0 Å². The van der Waals surface area contributed by atoms with Gasteiger partial charge in [0.1, 0.15) is 0 Å². The molecule has 2 aromatic rings. The highest BCUT2D eigenvalue weighted by atomic mass is 32.1. The maximum absolute atomic E-state index is 12.2. The molecule has 0 radical (unpaired) electrons. The summed E-state index contributed by atoms with van der Waals surface area (Å²) in [7, 11) is 0. The molecule has 5 heteroatoms. The van der Waals surface area contributed by atoms with Gasteiger partial charge in [-0.15, -0.1) is 11.3 Å². The third-order valence-corrected chi connectivity index (χ3v) is 5.27. The first kappa shape index (κ1) is 16.7. The van der Waals surface area contributed by atoms with Gasteiger partial charge in [-0.3, -0.25) is 4.79 Å². The van der Waals surface area contributed by atoms with E-state index in [9.17, 15) is 9.59 Å². The van der Waals surface area contributed by atoms with Crippen LogP contribution in [0.5, 0.6) is 0 Å². The average molecular weight is 343 g/mol. The van der Waals surface area contributed by atoms with Gasteiger partial charge in [-0.2, -0.15) is 0 Å². The first-order valence-electron chi connectivity index (χ1n) is 8.16. The second-order valence-corrected chi connectivity index (χ2v) is 7.57. The van der Waals surface area contributed by atoms with E-state index in [1.807, 2.05) is 26.0 Å². The van der Waals surface area contributed by atoms with Crippen LogP contribution >= 0.6 is 11.3 Å². The molecule has 126 valence electrons. The Morgan fingerprint density at radius 2 is 2.08 bits per heavy atom. The SMILES string of the molecule is Cc1cc(C(=O)OCC(=O)NC2CCCc3ccccc32)c(C)s1. The quantitative estimate of drug-likeness (QED) is 0.861. The van der Waals surface area contributed by atoms with Crippen molar-refractivity contribution in [3.63, 3.8) is 0 Å². The summed E-state index contributed by atoms with van der Waals surface area (Å²) in [6, 6.07) is 9.99. The smallest absolute Gasteiger partial charge is 0.339 e. The first-order chi connectivity index (χ1) is 11.5. The second-order valence-electron chi connectivity index (χ2n) is 6.11. The third kappa shape index (κ3) is 3.67. The molecule has 0 saturated heterocycles. The molecule has 1 heterocycles. The summed E-state index contributed by atoms with van der Waals surface area (Å²) in [5, 5.41) is 2.99. The number of rotatable bonds is 4. The highest BCUT2D eigenvalue weighted by Gasteiger charge is 2.22. The number of esters is 1. The fraction of sp³-hybridized carbons (Fsp3) is 0.368. The lowest BCUT2D eigenvalue weighted by Crippen LogP contribution is -2.34. The van der Waals surface area contributed by atoms with Gasteiger partial charge in [-0.05, 0) is 50.3 Å². The van der Waals surface area contributed by atoms with Gasteiger partial charge in [0.05, 0.1) is 11.6 Å². The Morgan fingerprint density at radius 1 is 1.29 bits per heavy atom. The van der Waals surface area contributed by atoms with Crippen molar-refractivity contribution in [1.29, 1.82) is 0 Å². The summed E-state index contributed by atoms with van der Waals surface area (Å²) < 4.78 is 5.17. The van der Waals surface area contributed by atoms with Crippen molar-refractivity contribution >= 4 is 23.2 Å². The molecule has 1 aliphatic carbocycles. The Labute approximate surface area is 145 Å². The Morgan fingerprint density at radius 3 is 2.83 bits per heavy atom. The molecule has 1 atom stereocenters. The minimum Gasteiger partial charge on any atom is -0.452 e. The predicted octanol–water partition coefficient (Wildman–Crippen LogP) is 3.72. The van der Waals surface area contributed by atoms with Crippen LogP contribution in [0.3, 0.4) is 0 Å². The minimum absolute atomic E-state index is 0.00581. The van der Waals surface area contributed by atoms with Crippen LogP contribution in [0.1, 0.15) is 50.1 Å². The molecule has 1 aromatic heterocycles. The van der Waals surface area contributed by atoms with Gasteiger partial charge in [-0.1, -0.05) is 24.3 Å². The van der Waals surface area contributed by atoms with Crippen molar-refractivity contribution in [1.82, 2.24) is 5.32 Å². The van der Waals surface area contributed by atoms with E-state index in [2.05, 4.69) is 17.4 Å². The van der Waals surface area contributed by atoms with Crippen molar-refractivity contribution in [2.45, 2.75) is 39.2 Å². The molecule has 1 aromatic carbocycles. The third-order valence-electron chi connectivity index (χ3n) is 4.30. The van der Waals surface area contributed by atoms with E-state index >= 15 is 0 Å². The first-order valence-corrected chi connectivity index (χ1v) is 8.97. The van der Waals surface area contributed by atoms with E-state index < -0.39 is 5.97 Å². The summed E-state index contributed by atoms with van der Waals surface area (Å²) >= 11 is 1.55. The zero-order chi connectivity index (χ0) is 17.1. The van der Waals surface area contributed by atoms with Gasteiger partial charge in [0, 0.05) is 9.75 Å². The lowest BCUT2D eigenvalue weighted by molar-refractivity contribution is -0.125. The molecule has 1 unspecified atom stereocenters. The Kier molecular flexibility index (Phi) is 5.00. The number of hydrogen-bond donors (Lipinski definition) is 1. The van der Waals surface area contributed by atoms with E-state index in [1.165, 1.54) is 11.1 Å². The molecule has 1 N–H and O–H groups in total. The van der Waals surface area contributed by atoms with Gasteiger partial charge >= 0.3 is 5.97 Å². The highest BCUT2D eigenvalue weighted by Crippen LogP contribution is 2.29. The van der Waals surface area contributed by atoms with Crippen molar-refractivity contribution in [2.75, 3.05) is 6.61 Å². The Balaban J connectivity index is 1.57. The summed E-state index contributed by atoms with van der Waals surface area (Å²) in [4.78, 5) is 26.2. The molecule has 0 aliphatic heterocycles. The topological polar surface area (TPSA) is 55.4 Å². The van der Waals surface area contributed by atoms with Gasteiger partial charge in [0.2, 0.25) is 0 Å². The Hall–Kier alpha value is -2.14. The number of fused-ring (bicyclic) bond motifs is 1.